The quantitative estimate of drug-likeness (QED) is 0.764. The van der Waals surface area contributed by atoms with Crippen molar-refractivity contribution >= 4 is 0 Å². The molecule has 0 amide bonds. The van der Waals surface area contributed by atoms with E-state index in [1.54, 1.807) is 0 Å². The second-order valence-corrected chi connectivity index (χ2v) is 5.75. The highest BCUT2D eigenvalue weighted by atomic mass is 14.8. The van der Waals surface area contributed by atoms with E-state index in [4.69, 9.17) is 5.73 Å². The number of pyridine rings is 1. The average Bonchev–Trinajstić information content (AvgIpc) is 2.42. The number of hydrogen-bond donors (Lipinski definition) is 1. The predicted octanol–water partition coefficient (Wildman–Crippen LogP) is 2.75. The zero-order valence-corrected chi connectivity index (χ0v) is 9.88. The molecule has 0 aliphatic heterocycles. The van der Waals surface area contributed by atoms with Gasteiger partial charge < -0.3 is 5.73 Å². The van der Waals surface area contributed by atoms with E-state index in [0.717, 1.165) is 12.8 Å². The van der Waals surface area contributed by atoms with Crippen molar-refractivity contribution in [2.75, 3.05) is 0 Å². The molecule has 82 valence electrons. The molecule has 1 aliphatic rings. The monoisotopic (exact) mass is 204 g/mol. The van der Waals surface area contributed by atoms with Gasteiger partial charge in [0.05, 0.1) is 0 Å². The molecular formula is C13H20N2. The number of aryl methyl sites for hydroxylation is 1. The van der Waals surface area contributed by atoms with Crippen molar-refractivity contribution in [2.24, 2.45) is 11.1 Å². The molecule has 0 radical (unpaired) electrons. The van der Waals surface area contributed by atoms with Crippen LogP contribution in [0.5, 0.6) is 0 Å². The fourth-order valence-corrected chi connectivity index (χ4v) is 2.67. The summed E-state index contributed by atoms with van der Waals surface area (Å²) in [7, 11) is 0. The summed E-state index contributed by atoms with van der Waals surface area (Å²) in [4.78, 5) is 4.24. The number of hydrogen-bond acceptors (Lipinski definition) is 2. The van der Waals surface area contributed by atoms with Gasteiger partial charge in [-0.2, -0.15) is 0 Å². The van der Waals surface area contributed by atoms with Gasteiger partial charge in [-0.15, -0.1) is 0 Å². The van der Waals surface area contributed by atoms with Gasteiger partial charge in [0.25, 0.3) is 0 Å². The molecule has 1 aromatic rings. The molecule has 2 rings (SSSR count). The summed E-state index contributed by atoms with van der Waals surface area (Å²) in [5, 5.41) is 0. The smallest absolute Gasteiger partial charge is 0.0430 e. The van der Waals surface area contributed by atoms with E-state index in [0.29, 0.717) is 5.41 Å². The highest BCUT2D eigenvalue weighted by Crippen LogP contribution is 2.47. The van der Waals surface area contributed by atoms with Crippen LogP contribution in [0.25, 0.3) is 0 Å². The summed E-state index contributed by atoms with van der Waals surface area (Å²) in [5.41, 5.74) is 9.11. The Bertz CT molecular complexity index is 371. The molecule has 2 nitrogen and oxygen atoms in total. The lowest BCUT2D eigenvalue weighted by Crippen LogP contribution is -2.34. The Hall–Kier alpha value is -0.890. The van der Waals surface area contributed by atoms with Crippen LogP contribution in [0, 0.1) is 12.3 Å². The first-order valence-corrected chi connectivity index (χ1v) is 5.62. The third kappa shape index (κ3) is 2.05. The Labute approximate surface area is 91.9 Å². The first-order valence-electron chi connectivity index (χ1n) is 5.62. The highest BCUT2D eigenvalue weighted by molar-refractivity contribution is 5.26. The Kier molecular flexibility index (Phi) is 2.34. The number of aromatic nitrogens is 1. The second kappa shape index (κ2) is 3.31. The Morgan fingerprint density at radius 2 is 2.00 bits per heavy atom. The summed E-state index contributed by atoms with van der Waals surface area (Å²) in [6.45, 7) is 6.66. The third-order valence-corrected chi connectivity index (χ3v) is 3.49. The average molecular weight is 204 g/mol. The van der Waals surface area contributed by atoms with E-state index < -0.39 is 0 Å². The van der Waals surface area contributed by atoms with Crippen LogP contribution in [0.4, 0.5) is 0 Å². The SMILES string of the molecule is Cc1cncc(C2(N)CCC(C)(C)C2)c1. The molecule has 2 heteroatoms. The van der Waals surface area contributed by atoms with Crippen LogP contribution in [0.3, 0.4) is 0 Å². The lowest BCUT2D eigenvalue weighted by Gasteiger charge is -2.26. The fourth-order valence-electron chi connectivity index (χ4n) is 2.67. The second-order valence-electron chi connectivity index (χ2n) is 5.75. The molecule has 1 fully saturated rings. The summed E-state index contributed by atoms with van der Waals surface area (Å²) < 4.78 is 0. The molecule has 2 N–H and O–H groups in total. The lowest BCUT2D eigenvalue weighted by atomic mass is 9.84. The first kappa shape index (κ1) is 10.6. The maximum atomic E-state index is 6.48. The van der Waals surface area contributed by atoms with Crippen molar-refractivity contribution in [3.05, 3.63) is 29.6 Å². The standard InChI is InChI=1S/C13H20N2/c1-10-6-11(8-15-7-10)13(14)5-4-12(2,3)9-13/h6-8H,4-5,9,14H2,1-3H3. The minimum atomic E-state index is -0.150. The Morgan fingerprint density at radius 3 is 2.53 bits per heavy atom. The van der Waals surface area contributed by atoms with Crippen molar-refractivity contribution in [1.29, 1.82) is 0 Å². The van der Waals surface area contributed by atoms with Crippen molar-refractivity contribution in [3.8, 4) is 0 Å². The Morgan fingerprint density at radius 1 is 1.27 bits per heavy atom. The molecule has 0 saturated heterocycles. The van der Waals surface area contributed by atoms with Crippen LogP contribution >= 0.6 is 0 Å². The number of nitrogens with two attached hydrogens (primary N) is 1. The van der Waals surface area contributed by atoms with Crippen LogP contribution in [-0.4, -0.2) is 4.98 Å². The van der Waals surface area contributed by atoms with Gasteiger partial charge in [0.2, 0.25) is 0 Å². The lowest BCUT2D eigenvalue weighted by molar-refractivity contribution is 0.339. The van der Waals surface area contributed by atoms with E-state index >= 15 is 0 Å². The topological polar surface area (TPSA) is 38.9 Å². The largest absolute Gasteiger partial charge is 0.321 e. The minimum absolute atomic E-state index is 0.150. The summed E-state index contributed by atoms with van der Waals surface area (Å²) >= 11 is 0. The third-order valence-electron chi connectivity index (χ3n) is 3.49. The number of rotatable bonds is 1. The maximum Gasteiger partial charge on any atom is 0.0430 e. The van der Waals surface area contributed by atoms with Gasteiger partial charge in [-0.1, -0.05) is 19.9 Å². The predicted molar refractivity (Wildman–Crippen MR) is 62.5 cm³/mol. The van der Waals surface area contributed by atoms with E-state index in [-0.39, 0.29) is 5.54 Å². The molecule has 1 heterocycles. The van der Waals surface area contributed by atoms with Crippen molar-refractivity contribution in [2.45, 2.75) is 45.6 Å². The molecule has 1 aromatic heterocycles. The van der Waals surface area contributed by atoms with Crippen molar-refractivity contribution in [1.82, 2.24) is 4.98 Å². The molecule has 1 saturated carbocycles. The highest BCUT2D eigenvalue weighted by Gasteiger charge is 2.41. The van der Waals surface area contributed by atoms with Gasteiger partial charge in [0.1, 0.15) is 0 Å². The molecule has 0 aromatic carbocycles. The fraction of sp³-hybridized carbons (Fsp3) is 0.615. The van der Waals surface area contributed by atoms with E-state index in [1.165, 1.54) is 17.5 Å². The molecule has 15 heavy (non-hydrogen) atoms. The molecule has 0 spiro atoms. The molecule has 0 bridgehead atoms. The van der Waals surface area contributed by atoms with Crippen LogP contribution < -0.4 is 5.73 Å². The number of nitrogens with zero attached hydrogens (tertiary/aromatic N) is 1. The van der Waals surface area contributed by atoms with Gasteiger partial charge in [-0.25, -0.2) is 0 Å². The van der Waals surface area contributed by atoms with Gasteiger partial charge in [0.15, 0.2) is 0 Å². The zero-order chi connectivity index (χ0) is 11.1. The summed E-state index contributed by atoms with van der Waals surface area (Å²) in [5.74, 6) is 0. The van der Waals surface area contributed by atoms with Crippen molar-refractivity contribution < 1.29 is 0 Å². The van der Waals surface area contributed by atoms with Crippen LogP contribution in [0.2, 0.25) is 0 Å². The maximum absolute atomic E-state index is 6.48. The Balaban J connectivity index is 2.31. The van der Waals surface area contributed by atoms with Crippen LogP contribution in [0.1, 0.15) is 44.2 Å². The van der Waals surface area contributed by atoms with Gasteiger partial charge in [-0.05, 0) is 42.7 Å². The normalized spacial score (nSPS) is 29.3. The van der Waals surface area contributed by atoms with Crippen molar-refractivity contribution in [3.63, 3.8) is 0 Å². The van der Waals surface area contributed by atoms with E-state index in [1.807, 2.05) is 12.4 Å². The summed E-state index contributed by atoms with van der Waals surface area (Å²) in [6, 6.07) is 2.17. The van der Waals surface area contributed by atoms with Gasteiger partial charge in [0, 0.05) is 17.9 Å². The van der Waals surface area contributed by atoms with E-state index in [9.17, 15) is 0 Å². The molecule has 1 aliphatic carbocycles. The van der Waals surface area contributed by atoms with Gasteiger partial charge in [-0.3, -0.25) is 4.98 Å². The first-order chi connectivity index (χ1) is 6.91. The minimum Gasteiger partial charge on any atom is -0.321 e. The van der Waals surface area contributed by atoms with E-state index in [2.05, 4.69) is 31.8 Å². The van der Waals surface area contributed by atoms with Crippen LogP contribution in [-0.2, 0) is 5.54 Å². The molecular weight excluding hydrogens is 184 g/mol. The van der Waals surface area contributed by atoms with Gasteiger partial charge >= 0.3 is 0 Å². The van der Waals surface area contributed by atoms with Crippen LogP contribution in [0.15, 0.2) is 18.5 Å². The molecule has 1 atom stereocenters. The molecule has 1 unspecified atom stereocenters. The zero-order valence-electron chi connectivity index (χ0n) is 9.88. The summed E-state index contributed by atoms with van der Waals surface area (Å²) in [6.07, 6.45) is 7.15.